The Kier molecular flexibility index (Phi) is 22.4. The lowest BCUT2D eigenvalue weighted by Gasteiger charge is -2.41. The van der Waals surface area contributed by atoms with Crippen molar-refractivity contribution in [1.82, 2.24) is 0 Å². The first-order chi connectivity index (χ1) is 20.6. The topological polar surface area (TPSA) is 178 Å². The van der Waals surface area contributed by atoms with Crippen molar-refractivity contribution < 1.29 is 56.2 Å². The number of aliphatic hydroxyl groups is 3. The van der Waals surface area contributed by atoms with Crippen LogP contribution in [0.5, 0.6) is 0 Å². The highest BCUT2D eigenvalue weighted by molar-refractivity contribution is 7.80. The summed E-state index contributed by atoms with van der Waals surface area (Å²) in [5.74, 6) is -0.416. The van der Waals surface area contributed by atoms with Crippen LogP contribution in [-0.4, -0.2) is 97.5 Å². The third-order valence-corrected chi connectivity index (χ3v) is 7.58. The van der Waals surface area contributed by atoms with Crippen molar-refractivity contribution in [1.29, 1.82) is 0 Å². The minimum atomic E-state index is -5.04. The zero-order valence-electron chi connectivity index (χ0n) is 26.0. The molecule has 0 aliphatic carbocycles. The minimum Gasteiger partial charge on any atom is -0.457 e. The van der Waals surface area contributed by atoms with Gasteiger partial charge in [0.1, 0.15) is 30.5 Å². The lowest BCUT2D eigenvalue weighted by molar-refractivity contribution is -0.301. The molecule has 12 nitrogen and oxygen atoms in total. The van der Waals surface area contributed by atoms with E-state index in [1.165, 1.54) is 19.3 Å². The van der Waals surface area contributed by atoms with Crippen LogP contribution in [-0.2, 0) is 38.3 Å². The Morgan fingerprint density at radius 3 is 2.19 bits per heavy atom. The molecule has 1 aliphatic heterocycles. The van der Waals surface area contributed by atoms with Crippen LogP contribution in [0.3, 0.4) is 0 Å². The van der Waals surface area contributed by atoms with Gasteiger partial charge in [0.15, 0.2) is 6.29 Å². The average Bonchev–Trinajstić information content (AvgIpc) is 2.96. The molecule has 1 heterocycles. The van der Waals surface area contributed by atoms with E-state index in [9.17, 15) is 28.5 Å². The molecule has 4 N–H and O–H groups in total. The van der Waals surface area contributed by atoms with Gasteiger partial charge >= 0.3 is 16.4 Å². The minimum absolute atomic E-state index is 0.0338. The van der Waals surface area contributed by atoms with E-state index in [1.807, 2.05) is 0 Å². The van der Waals surface area contributed by atoms with Gasteiger partial charge in [-0.3, -0.25) is 9.35 Å². The molecule has 0 radical (unpaired) electrons. The summed E-state index contributed by atoms with van der Waals surface area (Å²) in [7, 11) is -5.04. The Bertz CT molecular complexity index is 837. The van der Waals surface area contributed by atoms with E-state index in [2.05, 4.69) is 30.2 Å². The molecule has 0 spiro atoms. The van der Waals surface area contributed by atoms with E-state index in [-0.39, 0.29) is 19.6 Å². The molecule has 1 fully saturated rings. The number of aliphatic hydroxyl groups excluding tert-OH is 3. The predicted molar refractivity (Wildman–Crippen MR) is 161 cm³/mol. The maximum Gasteiger partial charge on any atom is 0.397 e. The summed E-state index contributed by atoms with van der Waals surface area (Å²) < 4.78 is 58.2. The van der Waals surface area contributed by atoms with Gasteiger partial charge in [-0.1, -0.05) is 83.8 Å². The summed E-state index contributed by atoms with van der Waals surface area (Å²) in [4.78, 5) is 12.6. The van der Waals surface area contributed by atoms with Crippen LogP contribution < -0.4 is 0 Å². The summed E-state index contributed by atoms with van der Waals surface area (Å²) in [6, 6.07) is 0. The Morgan fingerprint density at radius 2 is 1.51 bits per heavy atom. The summed E-state index contributed by atoms with van der Waals surface area (Å²) in [5.41, 5.74) is 0. The first-order valence-electron chi connectivity index (χ1n) is 15.9. The van der Waals surface area contributed by atoms with Crippen LogP contribution in [0.4, 0.5) is 0 Å². The quantitative estimate of drug-likeness (QED) is 0.0463. The molecule has 1 aliphatic rings. The van der Waals surface area contributed by atoms with Gasteiger partial charge in [-0.2, -0.15) is 8.42 Å². The first-order valence-corrected chi connectivity index (χ1v) is 17.3. The smallest absolute Gasteiger partial charge is 0.397 e. The van der Waals surface area contributed by atoms with Crippen LogP contribution >= 0.6 is 0 Å². The molecule has 0 bridgehead atoms. The summed E-state index contributed by atoms with van der Waals surface area (Å²) in [6.07, 6.45) is 10.2. The second-order valence-electron chi connectivity index (χ2n) is 11.0. The zero-order valence-corrected chi connectivity index (χ0v) is 26.8. The highest BCUT2D eigenvalue weighted by Gasteiger charge is 2.48. The summed E-state index contributed by atoms with van der Waals surface area (Å²) >= 11 is 0. The number of hydrogen-bond acceptors (Lipinski definition) is 11. The Hall–Kier alpha value is -1.16. The molecule has 1 saturated heterocycles. The highest BCUT2D eigenvalue weighted by atomic mass is 32.3. The second kappa shape index (κ2) is 24.1. The first kappa shape index (κ1) is 39.9. The third-order valence-electron chi connectivity index (χ3n) is 7.12. The van der Waals surface area contributed by atoms with Gasteiger partial charge in [0.2, 0.25) is 0 Å². The van der Waals surface area contributed by atoms with Crippen molar-refractivity contribution >= 4 is 16.4 Å². The van der Waals surface area contributed by atoms with Crippen molar-refractivity contribution in [3.63, 3.8) is 0 Å². The molecule has 0 amide bonds. The predicted octanol–water partition coefficient (Wildman–Crippen LogP) is 4.01. The van der Waals surface area contributed by atoms with Crippen molar-refractivity contribution in [3.05, 3.63) is 12.2 Å². The number of hydrogen-bond donors (Lipinski definition) is 4. The van der Waals surface area contributed by atoms with Gasteiger partial charge in [-0.25, -0.2) is 4.18 Å². The van der Waals surface area contributed by atoms with Crippen LogP contribution in [0.1, 0.15) is 110 Å². The zero-order chi connectivity index (χ0) is 31.9. The largest absolute Gasteiger partial charge is 0.457 e. The van der Waals surface area contributed by atoms with Crippen molar-refractivity contribution in [3.8, 4) is 0 Å². The maximum atomic E-state index is 12.6. The number of carbonyl (C=O) groups excluding carboxylic acids is 1. The lowest BCUT2D eigenvalue weighted by atomic mass is 9.99. The molecule has 13 heteroatoms. The molecular weight excluding hydrogens is 584 g/mol. The Labute approximate surface area is 258 Å². The van der Waals surface area contributed by atoms with Crippen molar-refractivity contribution in [2.75, 3.05) is 26.4 Å². The van der Waals surface area contributed by atoms with Crippen molar-refractivity contribution in [2.24, 2.45) is 0 Å². The van der Waals surface area contributed by atoms with E-state index >= 15 is 0 Å². The van der Waals surface area contributed by atoms with Gasteiger partial charge in [0.25, 0.3) is 0 Å². The molecule has 6 unspecified atom stereocenters. The van der Waals surface area contributed by atoms with Gasteiger partial charge in [-0.05, 0) is 32.1 Å². The van der Waals surface area contributed by atoms with Gasteiger partial charge in [0, 0.05) is 13.0 Å². The maximum absolute atomic E-state index is 12.6. The van der Waals surface area contributed by atoms with Crippen molar-refractivity contribution in [2.45, 2.75) is 147 Å². The monoisotopic (exact) mass is 640 g/mol. The fourth-order valence-electron chi connectivity index (χ4n) is 4.67. The fraction of sp³-hybridized carbons (Fsp3) is 0.900. The highest BCUT2D eigenvalue weighted by Crippen LogP contribution is 2.26. The van der Waals surface area contributed by atoms with E-state index in [0.717, 1.165) is 64.2 Å². The van der Waals surface area contributed by atoms with E-state index in [4.69, 9.17) is 23.5 Å². The molecule has 1 rings (SSSR count). The molecule has 254 valence electrons. The van der Waals surface area contributed by atoms with Crippen LogP contribution in [0, 0.1) is 0 Å². The normalized spacial score (nSPS) is 23.5. The molecular formula is C30H56O12S. The number of esters is 1. The molecule has 0 aromatic carbocycles. The molecule has 0 saturated carbocycles. The molecule has 43 heavy (non-hydrogen) atoms. The number of allylic oxidation sites excluding steroid dienone is 2. The van der Waals surface area contributed by atoms with Gasteiger partial charge in [-0.15, -0.1) is 0 Å². The van der Waals surface area contributed by atoms with E-state index in [1.54, 1.807) is 0 Å². The summed E-state index contributed by atoms with van der Waals surface area (Å²) in [5, 5.41) is 30.3. The van der Waals surface area contributed by atoms with Gasteiger partial charge < -0.3 is 34.3 Å². The summed E-state index contributed by atoms with van der Waals surface area (Å²) in [6.45, 7) is 3.80. The van der Waals surface area contributed by atoms with Crippen LogP contribution in [0.2, 0.25) is 0 Å². The number of ether oxygens (including phenoxy) is 4. The molecule has 0 aromatic rings. The lowest BCUT2D eigenvalue weighted by Crippen LogP contribution is -2.60. The average molecular weight is 641 g/mol. The Morgan fingerprint density at radius 1 is 0.860 bits per heavy atom. The SMILES string of the molecule is CCC/C=C\CCCCCCCC(=O)OC(COCCCCCCCC)COC1OC(CO)C(O)C(OS(=O)(=O)O)C1O. The van der Waals surface area contributed by atoms with E-state index in [0.29, 0.717) is 13.0 Å². The second-order valence-corrected chi connectivity index (χ2v) is 12.1. The van der Waals surface area contributed by atoms with Crippen LogP contribution in [0.15, 0.2) is 12.2 Å². The number of unbranched alkanes of at least 4 members (excludes halogenated alkanes) is 11. The fourth-order valence-corrected chi connectivity index (χ4v) is 5.18. The molecule has 6 atom stereocenters. The standard InChI is InChI=1S/C30H56O12S/c1-3-5-7-9-11-12-13-14-15-17-19-26(32)40-24(22-38-20-18-16-10-8-6-4-2)23-39-30-28(34)29(42-43(35,36)37)27(33)25(21-31)41-30/h7,9,24-25,27-31,33-34H,3-6,8,10-23H2,1-2H3,(H,35,36,37)/b9-7-. The third kappa shape index (κ3) is 19.1. The number of rotatable bonds is 26. The molecule has 0 aromatic heterocycles. The number of carbonyl (C=O) groups is 1. The van der Waals surface area contributed by atoms with Crippen LogP contribution in [0.25, 0.3) is 0 Å². The van der Waals surface area contributed by atoms with E-state index < -0.39 is 59.8 Å². The van der Waals surface area contributed by atoms with Gasteiger partial charge in [0.05, 0.1) is 19.8 Å². The Balaban J connectivity index is 2.60.